The number of rotatable bonds is 5. The summed E-state index contributed by atoms with van der Waals surface area (Å²) in [6.45, 7) is 9.14. The van der Waals surface area contributed by atoms with Crippen LogP contribution in [0.1, 0.15) is 54.8 Å². The molecule has 1 unspecified atom stereocenters. The van der Waals surface area contributed by atoms with Gasteiger partial charge in [-0.1, -0.05) is 13.8 Å². The van der Waals surface area contributed by atoms with E-state index in [1.807, 2.05) is 18.0 Å². The normalized spacial score (nSPS) is 14.8. The van der Waals surface area contributed by atoms with Crippen LogP contribution in [0.25, 0.3) is 27.6 Å². The van der Waals surface area contributed by atoms with E-state index in [1.165, 1.54) is 0 Å². The first-order valence-corrected chi connectivity index (χ1v) is 12.0. The second-order valence-electron chi connectivity index (χ2n) is 8.96. The Morgan fingerprint density at radius 3 is 2.91 bits per heavy atom. The monoisotopic (exact) mass is 465 g/mol. The molecule has 5 heterocycles. The SMILES string of the molecule is Cc1cc(-c2[nH]nc(-c3nc4c(s3)CN(C(=O)CC(C)O)CC4)c2C(C)C)cn2ncnc12. The third-order valence-corrected chi connectivity index (χ3v) is 7.07. The van der Waals surface area contributed by atoms with Gasteiger partial charge in [0.25, 0.3) is 0 Å². The molecular formula is C23H27N7O2S. The highest BCUT2D eigenvalue weighted by molar-refractivity contribution is 7.15. The number of carbonyl (C=O) groups excluding carboxylic acids is 1. The van der Waals surface area contributed by atoms with E-state index in [0.29, 0.717) is 19.5 Å². The van der Waals surface area contributed by atoms with Crippen LogP contribution in [-0.4, -0.2) is 58.3 Å². The summed E-state index contributed by atoms with van der Waals surface area (Å²) in [4.78, 5) is 24.5. The van der Waals surface area contributed by atoms with E-state index >= 15 is 0 Å². The Morgan fingerprint density at radius 2 is 2.15 bits per heavy atom. The number of pyridine rings is 1. The maximum Gasteiger partial charge on any atom is 0.225 e. The number of hydrogen-bond acceptors (Lipinski definition) is 7. The van der Waals surface area contributed by atoms with Crippen LogP contribution >= 0.6 is 11.3 Å². The predicted octanol–water partition coefficient (Wildman–Crippen LogP) is 3.33. The van der Waals surface area contributed by atoms with Crippen molar-refractivity contribution >= 4 is 22.9 Å². The molecular weight excluding hydrogens is 438 g/mol. The van der Waals surface area contributed by atoms with Gasteiger partial charge >= 0.3 is 0 Å². The first kappa shape index (κ1) is 21.7. The average Bonchev–Trinajstić information content (AvgIpc) is 3.49. The standard InChI is InChI=1S/C23H27N7O2S/c1-12(2)19-20(15-7-13(3)22-24-11-25-30(22)9-15)27-28-21(19)23-26-16-5-6-29(10-17(16)33-23)18(32)8-14(4)31/h7,9,11-12,14,31H,5-6,8,10H2,1-4H3,(H,27,28). The van der Waals surface area contributed by atoms with Crippen molar-refractivity contribution < 1.29 is 9.90 Å². The summed E-state index contributed by atoms with van der Waals surface area (Å²) >= 11 is 1.60. The molecule has 0 spiro atoms. The van der Waals surface area contributed by atoms with Gasteiger partial charge in [0.2, 0.25) is 5.91 Å². The summed E-state index contributed by atoms with van der Waals surface area (Å²) < 4.78 is 1.79. The molecule has 2 N–H and O–H groups in total. The molecule has 0 fully saturated rings. The van der Waals surface area contributed by atoms with Crippen molar-refractivity contribution in [2.24, 2.45) is 0 Å². The number of fused-ring (bicyclic) bond motifs is 2. The van der Waals surface area contributed by atoms with Crippen LogP contribution in [-0.2, 0) is 17.8 Å². The zero-order valence-corrected chi connectivity index (χ0v) is 20.0. The predicted molar refractivity (Wildman–Crippen MR) is 126 cm³/mol. The number of aromatic amines is 1. The van der Waals surface area contributed by atoms with Crippen LogP contribution < -0.4 is 0 Å². The number of aromatic nitrogens is 6. The average molecular weight is 466 g/mol. The van der Waals surface area contributed by atoms with Crippen molar-refractivity contribution in [3.63, 3.8) is 0 Å². The van der Waals surface area contributed by atoms with Gasteiger partial charge in [0, 0.05) is 35.2 Å². The molecule has 172 valence electrons. The van der Waals surface area contributed by atoms with Gasteiger partial charge in [-0.05, 0) is 31.4 Å². The van der Waals surface area contributed by atoms with Crippen LogP contribution in [0, 0.1) is 6.92 Å². The molecule has 4 aromatic rings. The highest BCUT2D eigenvalue weighted by atomic mass is 32.1. The molecule has 0 saturated carbocycles. The minimum atomic E-state index is -0.632. The Morgan fingerprint density at radius 1 is 1.33 bits per heavy atom. The van der Waals surface area contributed by atoms with E-state index in [-0.39, 0.29) is 18.2 Å². The van der Waals surface area contributed by atoms with Gasteiger partial charge in [-0.3, -0.25) is 9.89 Å². The van der Waals surface area contributed by atoms with Crippen molar-refractivity contribution in [3.05, 3.63) is 40.3 Å². The number of amides is 1. The van der Waals surface area contributed by atoms with E-state index in [0.717, 1.165) is 49.3 Å². The lowest BCUT2D eigenvalue weighted by atomic mass is 9.97. The molecule has 9 nitrogen and oxygen atoms in total. The highest BCUT2D eigenvalue weighted by Crippen LogP contribution is 2.39. The second kappa shape index (κ2) is 8.35. The Bertz CT molecular complexity index is 1330. The van der Waals surface area contributed by atoms with Gasteiger partial charge in [-0.25, -0.2) is 14.5 Å². The molecule has 10 heteroatoms. The van der Waals surface area contributed by atoms with E-state index in [4.69, 9.17) is 4.98 Å². The first-order chi connectivity index (χ1) is 15.8. The third-order valence-electron chi connectivity index (χ3n) is 5.99. The summed E-state index contributed by atoms with van der Waals surface area (Å²) in [6.07, 6.45) is 3.76. The van der Waals surface area contributed by atoms with Crippen molar-refractivity contribution in [1.82, 2.24) is 34.7 Å². The summed E-state index contributed by atoms with van der Waals surface area (Å²) in [5.74, 6) is 0.208. The highest BCUT2D eigenvalue weighted by Gasteiger charge is 2.28. The molecule has 4 aromatic heterocycles. The molecule has 0 saturated heterocycles. The largest absolute Gasteiger partial charge is 0.393 e. The topological polar surface area (TPSA) is 112 Å². The second-order valence-corrected chi connectivity index (χ2v) is 10.0. The molecule has 1 aliphatic heterocycles. The van der Waals surface area contributed by atoms with Crippen molar-refractivity contribution in [3.8, 4) is 22.0 Å². The number of aliphatic hydroxyl groups is 1. The first-order valence-electron chi connectivity index (χ1n) is 11.1. The zero-order chi connectivity index (χ0) is 23.3. The smallest absolute Gasteiger partial charge is 0.225 e. The Hall–Kier alpha value is -3.11. The van der Waals surface area contributed by atoms with Crippen molar-refractivity contribution in [2.45, 2.75) is 59.1 Å². The fraction of sp³-hybridized carbons (Fsp3) is 0.435. The number of nitrogens with one attached hydrogen (secondary N) is 1. The van der Waals surface area contributed by atoms with E-state index in [1.54, 1.807) is 29.1 Å². The third kappa shape index (κ3) is 3.93. The number of carbonyl (C=O) groups is 1. The van der Waals surface area contributed by atoms with Crippen LogP contribution in [0.15, 0.2) is 18.6 Å². The van der Waals surface area contributed by atoms with Crippen LogP contribution in [0.2, 0.25) is 0 Å². The fourth-order valence-corrected chi connectivity index (χ4v) is 5.55. The molecule has 0 bridgehead atoms. The maximum absolute atomic E-state index is 12.4. The van der Waals surface area contributed by atoms with E-state index in [2.05, 4.69) is 40.2 Å². The molecule has 0 aromatic carbocycles. The fourth-order valence-electron chi connectivity index (χ4n) is 4.42. The minimum absolute atomic E-state index is 0.0191. The number of aliphatic hydroxyl groups excluding tert-OH is 1. The number of aryl methyl sites for hydroxylation is 1. The lowest BCUT2D eigenvalue weighted by Gasteiger charge is -2.26. The number of H-pyrrole nitrogens is 1. The lowest BCUT2D eigenvalue weighted by molar-refractivity contribution is -0.133. The van der Waals surface area contributed by atoms with Gasteiger partial charge in [0.1, 0.15) is 17.0 Å². The van der Waals surface area contributed by atoms with Gasteiger partial charge in [0.15, 0.2) is 5.65 Å². The molecule has 1 amide bonds. The quantitative estimate of drug-likeness (QED) is 0.468. The van der Waals surface area contributed by atoms with Gasteiger partial charge in [-0.15, -0.1) is 11.3 Å². The molecule has 0 aliphatic carbocycles. The Labute approximate surface area is 195 Å². The summed E-state index contributed by atoms with van der Waals surface area (Å²) in [7, 11) is 0. The van der Waals surface area contributed by atoms with Crippen LogP contribution in [0.5, 0.6) is 0 Å². The van der Waals surface area contributed by atoms with Gasteiger partial charge in [-0.2, -0.15) is 10.2 Å². The summed E-state index contributed by atoms with van der Waals surface area (Å²) in [5, 5.41) is 22.7. The number of nitrogens with zero attached hydrogens (tertiary/aromatic N) is 6. The Kier molecular flexibility index (Phi) is 5.49. The Balaban J connectivity index is 1.51. The molecule has 1 aliphatic rings. The van der Waals surface area contributed by atoms with E-state index < -0.39 is 6.10 Å². The van der Waals surface area contributed by atoms with E-state index in [9.17, 15) is 9.90 Å². The molecule has 0 radical (unpaired) electrons. The van der Waals surface area contributed by atoms with Crippen molar-refractivity contribution in [2.75, 3.05) is 6.54 Å². The molecule has 5 rings (SSSR count). The van der Waals surface area contributed by atoms with Crippen LogP contribution in [0.3, 0.4) is 0 Å². The van der Waals surface area contributed by atoms with Crippen LogP contribution in [0.4, 0.5) is 0 Å². The number of hydrogen-bond donors (Lipinski definition) is 2. The molecule has 1 atom stereocenters. The molecule has 33 heavy (non-hydrogen) atoms. The van der Waals surface area contributed by atoms with Gasteiger partial charge < -0.3 is 10.0 Å². The summed E-state index contributed by atoms with van der Waals surface area (Å²) in [5.41, 5.74) is 6.86. The summed E-state index contributed by atoms with van der Waals surface area (Å²) in [6, 6.07) is 2.10. The zero-order valence-electron chi connectivity index (χ0n) is 19.2. The maximum atomic E-state index is 12.4. The minimum Gasteiger partial charge on any atom is -0.393 e. The van der Waals surface area contributed by atoms with Gasteiger partial charge in [0.05, 0.1) is 30.5 Å². The lowest BCUT2D eigenvalue weighted by Crippen LogP contribution is -2.36. The number of thiazole rings is 1. The van der Waals surface area contributed by atoms with Crippen molar-refractivity contribution in [1.29, 1.82) is 0 Å².